The Morgan fingerprint density at radius 3 is 2.53 bits per heavy atom. The molecule has 0 saturated heterocycles. The maximum atomic E-state index is 10.9. The molecule has 0 saturated carbocycles. The number of aliphatic imine (C=N–C) groups is 1. The quantitative estimate of drug-likeness (QED) is 0.424. The van der Waals surface area contributed by atoms with Crippen LogP contribution in [0.25, 0.3) is 0 Å². The first-order valence-electron chi connectivity index (χ1n) is 10.2. The first-order valence-corrected chi connectivity index (χ1v) is 10.2. The van der Waals surface area contributed by atoms with Crippen LogP contribution in [0.2, 0.25) is 0 Å². The first-order chi connectivity index (χ1) is 14.7. The average Bonchev–Trinajstić information content (AvgIpc) is 3.28. The van der Waals surface area contributed by atoms with Crippen molar-refractivity contribution in [3.05, 3.63) is 107 Å². The van der Waals surface area contributed by atoms with Gasteiger partial charge in [-0.05, 0) is 59.4 Å². The van der Waals surface area contributed by atoms with Crippen LogP contribution in [-0.2, 0) is 0 Å². The lowest BCUT2D eigenvalue weighted by Gasteiger charge is -2.37. The van der Waals surface area contributed by atoms with Crippen LogP contribution in [0.15, 0.2) is 89.9 Å². The molecule has 0 aromatic heterocycles. The molecule has 1 heterocycles. The molecular formula is C26H22N2O2. The average molecular weight is 394 g/mol. The van der Waals surface area contributed by atoms with Gasteiger partial charge in [0.05, 0.1) is 17.3 Å². The molecule has 0 radical (unpaired) electrons. The highest BCUT2D eigenvalue weighted by atomic mass is 16.4. The van der Waals surface area contributed by atoms with Gasteiger partial charge in [0, 0.05) is 17.8 Å². The molecule has 0 fully saturated rings. The Balaban J connectivity index is 1.34. The molecule has 2 N–H and O–H groups in total. The fourth-order valence-electron chi connectivity index (χ4n) is 4.50. The Bertz CT molecular complexity index is 1130. The van der Waals surface area contributed by atoms with E-state index >= 15 is 0 Å². The van der Waals surface area contributed by atoms with Gasteiger partial charge >= 0.3 is 5.97 Å². The number of carboxylic acid groups (broad SMARTS) is 1. The zero-order valence-electron chi connectivity index (χ0n) is 16.4. The van der Waals surface area contributed by atoms with Gasteiger partial charge in [-0.2, -0.15) is 0 Å². The molecule has 1 aliphatic carbocycles. The van der Waals surface area contributed by atoms with Crippen LogP contribution in [0, 0.1) is 5.92 Å². The number of fused-ring (bicyclic) bond motifs is 3. The summed E-state index contributed by atoms with van der Waals surface area (Å²) in [6.07, 6.45) is 7.50. The first kappa shape index (κ1) is 18.4. The van der Waals surface area contributed by atoms with E-state index in [-0.39, 0.29) is 11.6 Å². The largest absolute Gasteiger partial charge is 0.478 e. The minimum absolute atomic E-state index is 0.276. The van der Waals surface area contributed by atoms with Gasteiger partial charge < -0.3 is 10.4 Å². The third-order valence-electron chi connectivity index (χ3n) is 6.04. The molecule has 0 bridgehead atoms. The Morgan fingerprint density at radius 1 is 1.00 bits per heavy atom. The molecule has 0 amide bonds. The third kappa shape index (κ3) is 3.41. The van der Waals surface area contributed by atoms with Crippen molar-refractivity contribution in [2.75, 3.05) is 5.32 Å². The normalized spacial score (nSPS) is 21.8. The van der Waals surface area contributed by atoms with Gasteiger partial charge in [-0.15, -0.1) is 0 Å². The van der Waals surface area contributed by atoms with E-state index in [9.17, 15) is 4.79 Å². The van der Waals surface area contributed by atoms with Crippen molar-refractivity contribution in [2.24, 2.45) is 10.9 Å². The van der Waals surface area contributed by atoms with E-state index in [1.54, 1.807) is 30.5 Å². The van der Waals surface area contributed by atoms with Crippen LogP contribution < -0.4 is 5.32 Å². The second kappa shape index (κ2) is 7.64. The van der Waals surface area contributed by atoms with Crippen molar-refractivity contribution in [3.63, 3.8) is 0 Å². The van der Waals surface area contributed by atoms with Crippen LogP contribution in [0.3, 0.4) is 0 Å². The number of hydrogen-bond donors (Lipinski definition) is 2. The van der Waals surface area contributed by atoms with E-state index in [4.69, 9.17) is 5.11 Å². The van der Waals surface area contributed by atoms with Crippen LogP contribution in [0.5, 0.6) is 0 Å². The van der Waals surface area contributed by atoms with Crippen molar-refractivity contribution in [3.8, 4) is 0 Å². The molecule has 1 aliphatic heterocycles. The van der Waals surface area contributed by atoms with Gasteiger partial charge in [-0.25, -0.2) is 4.79 Å². The van der Waals surface area contributed by atoms with Crippen LogP contribution in [-0.4, -0.2) is 17.3 Å². The van der Waals surface area contributed by atoms with Crippen molar-refractivity contribution >= 4 is 23.6 Å². The Labute approximate surface area is 175 Å². The van der Waals surface area contributed by atoms with Crippen molar-refractivity contribution in [1.82, 2.24) is 0 Å². The lowest BCUT2D eigenvalue weighted by molar-refractivity contribution is 0.0697. The fourth-order valence-corrected chi connectivity index (χ4v) is 4.50. The maximum Gasteiger partial charge on any atom is 0.335 e. The van der Waals surface area contributed by atoms with Gasteiger partial charge in [0.2, 0.25) is 0 Å². The van der Waals surface area contributed by atoms with Crippen LogP contribution in [0.4, 0.5) is 11.4 Å². The van der Waals surface area contributed by atoms with E-state index in [0.717, 1.165) is 17.7 Å². The molecule has 0 spiro atoms. The number of hydrogen-bond acceptors (Lipinski definition) is 3. The summed E-state index contributed by atoms with van der Waals surface area (Å²) in [4.78, 5) is 15.5. The number of benzene rings is 3. The number of allylic oxidation sites excluding steroid dienone is 2. The van der Waals surface area contributed by atoms with Gasteiger partial charge in [0.1, 0.15) is 0 Å². The standard InChI is InChI=1S/C26H22N2O2/c29-26(30)19-10-8-17(9-11-19)16-27-20-14-12-18(13-15-20)25-23-6-3-5-21(23)22-4-1-2-7-24(22)28-25/h1-5,7-16,21,23,25,28H,6H2,(H,29,30)/t21-,23-,25-/m0/s1. The predicted octanol–water partition coefficient (Wildman–Crippen LogP) is 5.96. The van der Waals surface area contributed by atoms with Crippen LogP contribution in [0.1, 0.15) is 45.4 Å². The highest BCUT2D eigenvalue weighted by Crippen LogP contribution is 2.49. The smallest absolute Gasteiger partial charge is 0.335 e. The number of carboxylic acids is 1. The number of carbonyl (C=O) groups is 1. The number of nitrogens with zero attached hydrogens (tertiary/aromatic N) is 1. The molecule has 4 nitrogen and oxygen atoms in total. The third-order valence-corrected chi connectivity index (χ3v) is 6.04. The fraction of sp³-hybridized carbons (Fsp3) is 0.154. The summed E-state index contributed by atoms with van der Waals surface area (Å²) < 4.78 is 0. The molecule has 3 aromatic rings. The van der Waals surface area contributed by atoms with Crippen molar-refractivity contribution in [2.45, 2.75) is 18.4 Å². The number of rotatable bonds is 4. The predicted molar refractivity (Wildman–Crippen MR) is 120 cm³/mol. The Kier molecular flexibility index (Phi) is 4.68. The summed E-state index contributed by atoms with van der Waals surface area (Å²) in [5, 5.41) is 12.7. The number of aromatic carboxylic acids is 1. The lowest BCUT2D eigenvalue weighted by atomic mass is 9.77. The van der Waals surface area contributed by atoms with E-state index in [1.165, 1.54) is 16.8 Å². The van der Waals surface area contributed by atoms with Gasteiger partial charge in [-0.3, -0.25) is 4.99 Å². The second-order valence-corrected chi connectivity index (χ2v) is 7.84. The van der Waals surface area contributed by atoms with Gasteiger partial charge in [0.15, 0.2) is 0 Å². The highest BCUT2D eigenvalue weighted by Gasteiger charge is 2.37. The zero-order valence-corrected chi connectivity index (χ0v) is 16.4. The zero-order chi connectivity index (χ0) is 20.5. The summed E-state index contributed by atoms with van der Waals surface area (Å²) in [6, 6.07) is 24.0. The van der Waals surface area contributed by atoms with Crippen molar-refractivity contribution < 1.29 is 9.90 Å². The molecule has 3 aromatic carbocycles. The maximum absolute atomic E-state index is 10.9. The summed E-state index contributed by atoms with van der Waals surface area (Å²) in [7, 11) is 0. The summed E-state index contributed by atoms with van der Waals surface area (Å²) in [5.74, 6) is 0.0775. The Hall–Kier alpha value is -3.66. The van der Waals surface area contributed by atoms with E-state index in [2.05, 4.69) is 58.9 Å². The molecule has 2 aliphatic rings. The van der Waals surface area contributed by atoms with E-state index in [0.29, 0.717) is 11.8 Å². The second-order valence-electron chi connectivity index (χ2n) is 7.84. The van der Waals surface area contributed by atoms with Crippen LogP contribution >= 0.6 is 0 Å². The number of para-hydroxylation sites is 1. The van der Waals surface area contributed by atoms with Gasteiger partial charge in [-0.1, -0.05) is 54.6 Å². The minimum Gasteiger partial charge on any atom is -0.478 e. The van der Waals surface area contributed by atoms with Crippen molar-refractivity contribution in [1.29, 1.82) is 0 Å². The summed E-state index contributed by atoms with van der Waals surface area (Å²) in [5.41, 5.74) is 5.91. The van der Waals surface area contributed by atoms with E-state index in [1.807, 2.05) is 12.1 Å². The summed E-state index contributed by atoms with van der Waals surface area (Å²) >= 11 is 0. The topological polar surface area (TPSA) is 61.7 Å². The molecule has 5 rings (SSSR count). The molecule has 30 heavy (non-hydrogen) atoms. The molecular weight excluding hydrogens is 372 g/mol. The molecule has 148 valence electrons. The molecule has 4 heteroatoms. The van der Waals surface area contributed by atoms with Gasteiger partial charge in [0.25, 0.3) is 0 Å². The monoisotopic (exact) mass is 394 g/mol. The molecule has 3 atom stereocenters. The lowest BCUT2D eigenvalue weighted by Crippen LogP contribution is -2.28. The highest BCUT2D eigenvalue weighted by molar-refractivity contribution is 5.89. The minimum atomic E-state index is -0.923. The SMILES string of the molecule is O=C(O)c1ccc(C=Nc2ccc([C@@H]3Nc4ccccc4[C@@H]4C=CC[C@@H]43)cc2)cc1. The summed E-state index contributed by atoms with van der Waals surface area (Å²) in [6.45, 7) is 0. The number of nitrogens with one attached hydrogen (secondary N) is 1. The Morgan fingerprint density at radius 2 is 1.77 bits per heavy atom. The molecule has 0 unspecified atom stereocenters. The van der Waals surface area contributed by atoms with E-state index < -0.39 is 5.97 Å². The number of anilines is 1.